The zero-order valence-corrected chi connectivity index (χ0v) is 17.8. The molecule has 28 heavy (non-hydrogen) atoms. The SMILES string of the molecule is CCCC[N+](CCCC)(CCCC)Cc1cccc(C(F)(F)F)c1.[O-][Cl+2]([O-])[O-]. The van der Waals surface area contributed by atoms with Gasteiger partial charge in [0.05, 0.1) is 36.0 Å². The topological polar surface area (TPSA) is 69.2 Å². The summed E-state index contributed by atoms with van der Waals surface area (Å²) in [6.07, 6.45) is 2.51. The molecule has 0 amide bonds. The molecule has 0 aliphatic heterocycles. The molecule has 1 rings (SSSR count). The Hall–Kier alpha value is -0.860. The van der Waals surface area contributed by atoms with Gasteiger partial charge < -0.3 is 18.5 Å². The number of quaternary nitrogens is 1. The van der Waals surface area contributed by atoms with Crippen LogP contribution in [0.3, 0.4) is 0 Å². The average Bonchev–Trinajstić information content (AvgIpc) is 2.62. The van der Waals surface area contributed by atoms with Gasteiger partial charge in [-0.05, 0) is 31.4 Å². The summed E-state index contributed by atoms with van der Waals surface area (Å²) in [5.41, 5.74) is 0.285. The highest BCUT2D eigenvalue weighted by molar-refractivity contribution is 5.25. The van der Waals surface area contributed by atoms with E-state index in [1.807, 2.05) is 6.07 Å². The van der Waals surface area contributed by atoms with Gasteiger partial charge in [0.1, 0.15) is 6.54 Å². The van der Waals surface area contributed by atoms with Crippen LogP contribution in [-0.2, 0) is 12.7 Å². The Morgan fingerprint density at radius 2 is 1.29 bits per heavy atom. The van der Waals surface area contributed by atoms with E-state index in [0.717, 1.165) is 68.2 Å². The van der Waals surface area contributed by atoms with E-state index < -0.39 is 22.5 Å². The van der Waals surface area contributed by atoms with E-state index in [1.165, 1.54) is 12.1 Å². The largest absolute Gasteiger partial charge is 0.416 e. The summed E-state index contributed by atoms with van der Waals surface area (Å²) in [5.74, 6) is 0. The van der Waals surface area contributed by atoms with Gasteiger partial charge in [-0.15, -0.1) is 0 Å². The van der Waals surface area contributed by atoms with Crippen LogP contribution in [-0.4, -0.2) is 24.1 Å². The maximum absolute atomic E-state index is 13.0. The average molecular weight is 428 g/mol. The highest BCUT2D eigenvalue weighted by atomic mass is 35.6. The molecule has 0 aromatic heterocycles. The second-order valence-electron chi connectivity index (χ2n) is 7.12. The Labute approximate surface area is 170 Å². The van der Waals surface area contributed by atoms with Crippen molar-refractivity contribution in [1.82, 2.24) is 0 Å². The fourth-order valence-corrected chi connectivity index (χ4v) is 3.29. The maximum atomic E-state index is 13.0. The Kier molecular flexibility index (Phi) is 13.7. The molecule has 0 unspecified atom stereocenters. The normalized spacial score (nSPS) is 12.1. The molecule has 0 bridgehead atoms. The molecule has 0 saturated heterocycles. The Morgan fingerprint density at radius 1 is 0.857 bits per heavy atom. The highest BCUT2D eigenvalue weighted by Gasteiger charge is 2.32. The molecule has 0 aliphatic rings. The number of rotatable bonds is 11. The summed E-state index contributed by atoms with van der Waals surface area (Å²) < 4.78 is 65.2. The number of unbranched alkanes of at least 4 members (excludes halogenated alkanes) is 3. The van der Waals surface area contributed by atoms with Gasteiger partial charge in [-0.25, -0.2) is 0 Å². The van der Waals surface area contributed by atoms with E-state index in [1.54, 1.807) is 6.07 Å². The van der Waals surface area contributed by atoms with Crippen LogP contribution in [0, 0.1) is 10.8 Å². The first-order valence-corrected chi connectivity index (χ1v) is 10.8. The fraction of sp³-hybridized carbons (Fsp3) is 0.700. The smallest absolute Gasteiger partial charge is 0.357 e. The van der Waals surface area contributed by atoms with Gasteiger partial charge in [0.25, 0.3) is 0 Å². The summed E-state index contributed by atoms with van der Waals surface area (Å²) in [6, 6.07) is 5.91. The number of alkyl halides is 3. The number of benzene rings is 1. The minimum Gasteiger partial charge on any atom is -0.357 e. The van der Waals surface area contributed by atoms with E-state index in [4.69, 9.17) is 14.0 Å². The van der Waals surface area contributed by atoms with Gasteiger partial charge in [-0.2, -0.15) is 13.2 Å². The van der Waals surface area contributed by atoms with Crippen molar-refractivity contribution < 1.29 is 42.4 Å². The van der Waals surface area contributed by atoms with Crippen molar-refractivity contribution >= 4 is 0 Å². The first kappa shape index (κ1) is 27.1. The molecule has 0 aliphatic carbocycles. The van der Waals surface area contributed by atoms with Crippen LogP contribution in [0.5, 0.6) is 0 Å². The summed E-state index contributed by atoms with van der Waals surface area (Å²) in [4.78, 5) is 0. The number of hydrogen-bond acceptors (Lipinski definition) is 3. The third kappa shape index (κ3) is 11.9. The Bertz CT molecular complexity index is 503. The van der Waals surface area contributed by atoms with Gasteiger partial charge >= 0.3 is 6.18 Å². The molecule has 0 atom stereocenters. The van der Waals surface area contributed by atoms with E-state index >= 15 is 0 Å². The summed E-state index contributed by atoms with van der Waals surface area (Å²) >= 11 is 0. The lowest BCUT2D eigenvalue weighted by molar-refractivity contribution is -1.73. The second kappa shape index (κ2) is 14.2. The number of halogens is 4. The van der Waals surface area contributed by atoms with Gasteiger partial charge in [-0.3, -0.25) is 0 Å². The Morgan fingerprint density at radius 3 is 1.64 bits per heavy atom. The van der Waals surface area contributed by atoms with E-state index in [-0.39, 0.29) is 0 Å². The van der Waals surface area contributed by atoms with Crippen molar-refractivity contribution in [3.8, 4) is 0 Å². The lowest BCUT2D eigenvalue weighted by atomic mass is 10.1. The second-order valence-corrected chi connectivity index (χ2v) is 7.50. The van der Waals surface area contributed by atoms with E-state index in [9.17, 15) is 13.2 Å². The molecule has 0 saturated carbocycles. The van der Waals surface area contributed by atoms with Crippen LogP contribution in [0.15, 0.2) is 24.3 Å². The van der Waals surface area contributed by atoms with Crippen LogP contribution >= 0.6 is 0 Å². The van der Waals surface area contributed by atoms with Crippen molar-refractivity contribution in [2.24, 2.45) is 0 Å². The minimum absolute atomic E-state index is 0.528. The third-order valence-corrected chi connectivity index (χ3v) is 4.73. The van der Waals surface area contributed by atoms with Crippen LogP contribution in [0.25, 0.3) is 0 Å². The maximum Gasteiger partial charge on any atom is 0.416 e. The molecule has 8 heteroatoms. The predicted octanol–water partition coefficient (Wildman–Crippen LogP) is 2.86. The molecule has 0 N–H and O–H groups in total. The molecule has 164 valence electrons. The van der Waals surface area contributed by atoms with Crippen molar-refractivity contribution in [1.29, 1.82) is 0 Å². The van der Waals surface area contributed by atoms with E-state index in [2.05, 4.69) is 20.8 Å². The molecule has 0 radical (unpaired) electrons. The first-order chi connectivity index (χ1) is 13.1. The van der Waals surface area contributed by atoms with E-state index in [0.29, 0.717) is 6.54 Å². The summed E-state index contributed by atoms with van der Waals surface area (Å²) in [5, 5.41) is 0. The minimum atomic E-state index is -4.26. The van der Waals surface area contributed by atoms with Crippen molar-refractivity contribution in [3.63, 3.8) is 0 Å². The van der Waals surface area contributed by atoms with Crippen LogP contribution in [0.2, 0.25) is 0 Å². The van der Waals surface area contributed by atoms with Gasteiger partial charge in [-0.1, -0.05) is 52.2 Å². The van der Waals surface area contributed by atoms with Gasteiger partial charge in [0, 0.05) is 5.56 Å². The third-order valence-electron chi connectivity index (χ3n) is 4.73. The summed E-state index contributed by atoms with van der Waals surface area (Å²) in [6.45, 7) is 10.4. The van der Waals surface area contributed by atoms with Crippen LogP contribution < -0.4 is 14.0 Å². The molecule has 4 nitrogen and oxygen atoms in total. The zero-order chi connectivity index (χ0) is 21.6. The van der Waals surface area contributed by atoms with Crippen LogP contribution in [0.4, 0.5) is 13.2 Å². The molecular formula is C20H33ClF3NO3. The molecule has 1 aromatic rings. The lowest BCUT2D eigenvalue weighted by Gasteiger charge is -2.39. The van der Waals surface area contributed by atoms with Crippen LogP contribution in [0.1, 0.15) is 70.4 Å². The Balaban J connectivity index is 0.00000165. The number of hydrogen-bond donors (Lipinski definition) is 0. The standard InChI is InChI=1S/C20H33F3N.ClO3/c1-4-7-13-24(14-8-5-2,15-9-6-3)17-18-11-10-12-19(16-18)20(21,22)23;2-1(3)4/h10-12,16H,4-9,13-15,17H2,1-3H3;/q+1;-1. The quantitative estimate of drug-likeness (QED) is 0.510. The van der Waals surface area contributed by atoms with Gasteiger partial charge in [0.15, 0.2) is 0 Å². The molecule has 1 aromatic carbocycles. The lowest BCUT2D eigenvalue weighted by Crippen LogP contribution is -2.49. The zero-order valence-electron chi connectivity index (χ0n) is 17.1. The van der Waals surface area contributed by atoms with Crippen molar-refractivity contribution in [2.75, 3.05) is 19.6 Å². The monoisotopic (exact) mass is 427 g/mol. The molecule has 0 fully saturated rings. The summed E-state index contributed by atoms with van der Waals surface area (Å²) in [7, 11) is -2.85. The first-order valence-electron chi connectivity index (χ1n) is 9.84. The van der Waals surface area contributed by atoms with Gasteiger partial charge in [0.2, 0.25) is 0 Å². The highest BCUT2D eigenvalue weighted by Crippen LogP contribution is 2.30. The van der Waals surface area contributed by atoms with Crippen molar-refractivity contribution in [2.45, 2.75) is 72.0 Å². The fourth-order valence-electron chi connectivity index (χ4n) is 3.29. The van der Waals surface area contributed by atoms with Crippen molar-refractivity contribution in [3.05, 3.63) is 35.4 Å². The molecule has 0 spiro atoms. The molecular weight excluding hydrogens is 395 g/mol. The number of nitrogens with zero attached hydrogens (tertiary/aromatic N) is 1. The molecule has 0 heterocycles. The predicted molar refractivity (Wildman–Crippen MR) is 94.7 cm³/mol.